The molecule has 2 aromatic carbocycles. The lowest BCUT2D eigenvalue weighted by molar-refractivity contribution is -0.139. The molecule has 9 heteroatoms. The van der Waals surface area contributed by atoms with Gasteiger partial charge in [-0.2, -0.15) is 0 Å². The van der Waals surface area contributed by atoms with Gasteiger partial charge in [-0.05, 0) is 48.2 Å². The SMILES string of the molecule is CNC(=O)C(C)N(Cc1ccc(OC)cc1)C(=O)CN(c1ccc(C(C)C)cc1)S(C)(=O)=O. The zero-order valence-corrected chi connectivity index (χ0v) is 20.8. The van der Waals surface area contributed by atoms with Gasteiger partial charge in [-0.25, -0.2) is 8.42 Å². The second-order valence-electron chi connectivity index (χ2n) is 8.18. The van der Waals surface area contributed by atoms with Crippen LogP contribution in [0.4, 0.5) is 5.69 Å². The average Bonchev–Trinajstić information content (AvgIpc) is 2.79. The molecule has 180 valence electrons. The lowest BCUT2D eigenvalue weighted by Gasteiger charge is -2.31. The van der Waals surface area contributed by atoms with Crippen LogP contribution in [-0.4, -0.2) is 58.1 Å². The molecule has 0 heterocycles. The van der Waals surface area contributed by atoms with Gasteiger partial charge < -0.3 is 15.0 Å². The van der Waals surface area contributed by atoms with Gasteiger partial charge in [-0.3, -0.25) is 13.9 Å². The van der Waals surface area contributed by atoms with Crippen molar-refractivity contribution in [3.8, 4) is 5.75 Å². The number of methoxy groups -OCH3 is 1. The van der Waals surface area contributed by atoms with E-state index < -0.39 is 28.5 Å². The molecule has 8 nitrogen and oxygen atoms in total. The Morgan fingerprint density at radius 3 is 2.03 bits per heavy atom. The average molecular weight is 476 g/mol. The Kier molecular flexibility index (Phi) is 8.87. The van der Waals surface area contributed by atoms with Crippen LogP contribution in [0.2, 0.25) is 0 Å². The van der Waals surface area contributed by atoms with Crippen molar-refractivity contribution in [2.24, 2.45) is 0 Å². The first-order valence-corrected chi connectivity index (χ1v) is 12.5. The van der Waals surface area contributed by atoms with Crippen LogP contribution in [0.25, 0.3) is 0 Å². The summed E-state index contributed by atoms with van der Waals surface area (Å²) < 4.78 is 31.4. The van der Waals surface area contributed by atoms with Crippen LogP contribution in [0.15, 0.2) is 48.5 Å². The molecule has 1 N–H and O–H groups in total. The summed E-state index contributed by atoms with van der Waals surface area (Å²) in [6, 6.07) is 13.4. The Balaban J connectivity index is 2.35. The molecule has 0 aliphatic carbocycles. The van der Waals surface area contributed by atoms with Gasteiger partial charge >= 0.3 is 0 Å². The van der Waals surface area contributed by atoms with Crippen LogP contribution in [0.3, 0.4) is 0 Å². The van der Waals surface area contributed by atoms with Crippen molar-refractivity contribution in [2.75, 3.05) is 31.3 Å². The molecule has 2 rings (SSSR count). The number of nitrogens with one attached hydrogen (secondary N) is 1. The van der Waals surface area contributed by atoms with E-state index in [1.807, 2.05) is 26.0 Å². The highest BCUT2D eigenvalue weighted by molar-refractivity contribution is 7.92. The molecule has 0 bridgehead atoms. The minimum atomic E-state index is -3.74. The van der Waals surface area contributed by atoms with Gasteiger partial charge in [0.15, 0.2) is 0 Å². The molecule has 0 radical (unpaired) electrons. The lowest BCUT2D eigenvalue weighted by atomic mass is 10.0. The maximum absolute atomic E-state index is 13.4. The molecule has 2 aromatic rings. The van der Waals surface area contributed by atoms with Crippen molar-refractivity contribution in [3.63, 3.8) is 0 Å². The third kappa shape index (κ3) is 6.95. The molecule has 0 aliphatic heterocycles. The molecule has 0 fully saturated rings. The number of benzene rings is 2. The molecule has 33 heavy (non-hydrogen) atoms. The summed E-state index contributed by atoms with van der Waals surface area (Å²) in [6.45, 7) is 5.43. The van der Waals surface area contributed by atoms with Crippen molar-refractivity contribution in [2.45, 2.75) is 39.3 Å². The van der Waals surface area contributed by atoms with E-state index in [9.17, 15) is 18.0 Å². The summed E-state index contributed by atoms with van der Waals surface area (Å²) in [7, 11) is -0.689. The van der Waals surface area contributed by atoms with E-state index in [-0.39, 0.29) is 12.5 Å². The van der Waals surface area contributed by atoms with E-state index in [1.165, 1.54) is 11.9 Å². The molecule has 0 saturated heterocycles. The monoisotopic (exact) mass is 475 g/mol. The van der Waals surface area contributed by atoms with Gasteiger partial charge in [-0.1, -0.05) is 38.1 Å². The third-order valence-electron chi connectivity index (χ3n) is 5.45. The first kappa shape index (κ1) is 26.2. The number of rotatable bonds is 10. The zero-order chi connectivity index (χ0) is 24.8. The number of amides is 2. The summed E-state index contributed by atoms with van der Waals surface area (Å²) in [5.74, 6) is 0.133. The molecular formula is C24H33N3O5S. The number of hydrogen-bond acceptors (Lipinski definition) is 5. The quantitative estimate of drug-likeness (QED) is 0.570. The largest absolute Gasteiger partial charge is 0.497 e. The maximum Gasteiger partial charge on any atom is 0.244 e. The molecular weight excluding hydrogens is 442 g/mol. The van der Waals surface area contributed by atoms with Gasteiger partial charge in [0.05, 0.1) is 19.1 Å². The maximum atomic E-state index is 13.4. The summed E-state index contributed by atoms with van der Waals surface area (Å²) in [6.07, 6.45) is 1.06. The van der Waals surface area contributed by atoms with Crippen molar-refractivity contribution < 1.29 is 22.7 Å². The summed E-state index contributed by atoms with van der Waals surface area (Å²) in [5.41, 5.74) is 2.24. The molecule has 1 unspecified atom stereocenters. The van der Waals surface area contributed by atoms with Crippen LogP contribution >= 0.6 is 0 Å². The highest BCUT2D eigenvalue weighted by atomic mass is 32.2. The summed E-state index contributed by atoms with van der Waals surface area (Å²) in [5, 5.41) is 2.55. The van der Waals surface area contributed by atoms with Gasteiger partial charge in [0.2, 0.25) is 21.8 Å². The fourth-order valence-corrected chi connectivity index (χ4v) is 4.21. The van der Waals surface area contributed by atoms with Gasteiger partial charge in [0, 0.05) is 13.6 Å². The minimum Gasteiger partial charge on any atom is -0.497 e. The second-order valence-corrected chi connectivity index (χ2v) is 10.1. The predicted octanol–water partition coefficient (Wildman–Crippen LogP) is 2.75. The number of carbonyl (C=O) groups excluding carboxylic acids is 2. The van der Waals surface area contributed by atoms with Crippen molar-refractivity contribution in [3.05, 3.63) is 59.7 Å². The number of ether oxygens (including phenoxy) is 1. The Labute approximate surface area is 196 Å². The van der Waals surface area contributed by atoms with Crippen LogP contribution in [0, 0.1) is 0 Å². The van der Waals surface area contributed by atoms with E-state index in [0.717, 1.165) is 21.7 Å². The Hall–Kier alpha value is -3.07. The topological polar surface area (TPSA) is 96.0 Å². The highest BCUT2D eigenvalue weighted by Gasteiger charge is 2.29. The van der Waals surface area contributed by atoms with Crippen LogP contribution in [0.5, 0.6) is 5.75 Å². The predicted molar refractivity (Wildman–Crippen MR) is 130 cm³/mol. The molecule has 0 spiro atoms. The number of anilines is 1. The van der Waals surface area contributed by atoms with Crippen LogP contribution < -0.4 is 14.4 Å². The summed E-state index contributed by atoms with van der Waals surface area (Å²) in [4.78, 5) is 27.1. The standard InChI is InChI=1S/C24H33N3O5S/c1-17(2)20-9-11-21(12-10-20)27(33(6,30)31)16-23(28)26(18(3)24(29)25-4)15-19-7-13-22(32-5)14-8-19/h7-14,17-18H,15-16H2,1-6H3,(H,25,29). The molecule has 0 aliphatic rings. The van der Waals surface area contributed by atoms with Crippen LogP contribution in [0.1, 0.15) is 37.8 Å². The van der Waals surface area contributed by atoms with Crippen LogP contribution in [-0.2, 0) is 26.2 Å². The molecule has 0 aromatic heterocycles. The lowest BCUT2D eigenvalue weighted by Crippen LogP contribution is -2.50. The van der Waals surface area contributed by atoms with Crippen molar-refractivity contribution in [1.82, 2.24) is 10.2 Å². The number of hydrogen-bond donors (Lipinski definition) is 1. The molecule has 2 amide bonds. The van der Waals surface area contributed by atoms with E-state index in [1.54, 1.807) is 50.4 Å². The fourth-order valence-electron chi connectivity index (χ4n) is 3.36. The Morgan fingerprint density at radius 1 is 1.00 bits per heavy atom. The van der Waals surface area contributed by atoms with Crippen molar-refractivity contribution >= 4 is 27.5 Å². The van der Waals surface area contributed by atoms with Crippen molar-refractivity contribution in [1.29, 1.82) is 0 Å². The fraction of sp³-hybridized carbons (Fsp3) is 0.417. The first-order valence-electron chi connectivity index (χ1n) is 10.7. The van der Waals surface area contributed by atoms with E-state index in [2.05, 4.69) is 5.32 Å². The number of sulfonamides is 1. The van der Waals surface area contributed by atoms with E-state index in [4.69, 9.17) is 4.74 Å². The van der Waals surface area contributed by atoms with E-state index in [0.29, 0.717) is 17.4 Å². The normalized spacial score (nSPS) is 12.2. The molecule has 0 saturated carbocycles. The first-order chi connectivity index (χ1) is 15.5. The molecule has 1 atom stereocenters. The van der Waals surface area contributed by atoms with Gasteiger partial charge in [0.25, 0.3) is 0 Å². The number of carbonyl (C=O) groups is 2. The third-order valence-corrected chi connectivity index (χ3v) is 6.59. The zero-order valence-electron chi connectivity index (χ0n) is 20.0. The number of likely N-dealkylation sites (N-methyl/N-ethyl adjacent to an activating group) is 1. The highest BCUT2D eigenvalue weighted by Crippen LogP contribution is 2.23. The summed E-state index contributed by atoms with van der Waals surface area (Å²) >= 11 is 0. The Morgan fingerprint density at radius 2 is 1.58 bits per heavy atom. The van der Waals surface area contributed by atoms with E-state index >= 15 is 0 Å². The van der Waals surface area contributed by atoms with Gasteiger partial charge in [-0.15, -0.1) is 0 Å². The Bertz CT molecular complexity index is 1050. The van der Waals surface area contributed by atoms with Gasteiger partial charge in [0.1, 0.15) is 18.3 Å². The smallest absolute Gasteiger partial charge is 0.244 e. The minimum absolute atomic E-state index is 0.140. The second kappa shape index (κ2) is 11.2. The number of nitrogens with zero attached hydrogens (tertiary/aromatic N) is 2.